The van der Waals surface area contributed by atoms with Gasteiger partial charge in [-0.3, -0.25) is 0 Å². The van der Waals surface area contributed by atoms with Gasteiger partial charge in [0.2, 0.25) is 0 Å². The molecule has 0 aliphatic heterocycles. The molecule has 4 heteroatoms. The van der Waals surface area contributed by atoms with Gasteiger partial charge in [0.15, 0.2) is 0 Å². The molecule has 0 aliphatic rings. The zero-order chi connectivity index (χ0) is 15.8. The molecular weight excluding hydrogens is 268 g/mol. The molecule has 1 aromatic carbocycles. The summed E-state index contributed by atoms with van der Waals surface area (Å²) < 4.78 is 16.4. The molecule has 1 aromatic rings. The highest BCUT2D eigenvalue weighted by atomic mass is 16.6. The van der Waals surface area contributed by atoms with Crippen molar-refractivity contribution in [2.45, 2.75) is 39.9 Å². The zero-order valence-corrected chi connectivity index (χ0v) is 13.2. The monoisotopic (exact) mass is 292 g/mol. The van der Waals surface area contributed by atoms with Crippen LogP contribution < -0.4 is 4.74 Å². The van der Waals surface area contributed by atoms with Crippen LogP contribution in [-0.2, 0) is 14.3 Å². The lowest BCUT2D eigenvalue weighted by Gasteiger charge is -2.18. The Hall–Kier alpha value is -1.81. The maximum atomic E-state index is 11.3. The average Bonchev–Trinajstić information content (AvgIpc) is 2.44. The molecule has 1 rings (SSSR count). The molecular formula is C17H24O4. The van der Waals surface area contributed by atoms with Gasteiger partial charge in [-0.05, 0) is 39.8 Å². The number of hydrogen-bond donors (Lipinski definition) is 0. The Labute approximate surface area is 126 Å². The molecule has 21 heavy (non-hydrogen) atoms. The molecule has 0 saturated carbocycles. The second-order valence-electron chi connectivity index (χ2n) is 5.26. The molecule has 0 radical (unpaired) electrons. The minimum absolute atomic E-state index is 0.0858. The van der Waals surface area contributed by atoms with E-state index in [0.29, 0.717) is 18.8 Å². The molecule has 0 N–H and O–H groups in total. The Morgan fingerprint density at radius 1 is 1.14 bits per heavy atom. The van der Waals surface area contributed by atoms with Crippen molar-refractivity contribution in [1.29, 1.82) is 0 Å². The van der Waals surface area contributed by atoms with Crippen molar-refractivity contribution in [2.75, 3.05) is 13.2 Å². The Balaban J connectivity index is 2.24. The van der Waals surface area contributed by atoms with E-state index >= 15 is 0 Å². The Bertz CT molecular complexity index is 464. The van der Waals surface area contributed by atoms with Crippen LogP contribution in [0, 0.1) is 6.92 Å². The first-order chi connectivity index (χ1) is 9.88. The minimum Gasteiger partial charge on any atom is -0.491 e. The number of esters is 1. The van der Waals surface area contributed by atoms with E-state index in [0.717, 1.165) is 5.75 Å². The minimum atomic E-state index is -0.394. The van der Waals surface area contributed by atoms with E-state index in [-0.39, 0.29) is 12.2 Å². The number of ether oxygens (including phenoxy) is 3. The van der Waals surface area contributed by atoms with Crippen LogP contribution in [0.15, 0.2) is 36.4 Å². The summed E-state index contributed by atoms with van der Waals surface area (Å²) in [7, 11) is 0. The van der Waals surface area contributed by atoms with Gasteiger partial charge in [-0.25, -0.2) is 4.79 Å². The number of carbonyl (C=O) groups is 1. The largest absolute Gasteiger partial charge is 0.491 e. The van der Waals surface area contributed by atoms with Crippen LogP contribution >= 0.6 is 0 Å². The first-order valence-electron chi connectivity index (χ1n) is 7.06. The quantitative estimate of drug-likeness (QED) is 0.545. The normalized spacial score (nSPS) is 13.3. The number of hydrogen-bond acceptors (Lipinski definition) is 4. The SMILES string of the molecule is C=C(C)C(=O)OC(C)COC(C)COc1ccc(C)cc1. The molecule has 0 spiro atoms. The molecule has 0 saturated heterocycles. The van der Waals surface area contributed by atoms with Gasteiger partial charge >= 0.3 is 5.97 Å². The molecule has 0 heterocycles. The van der Waals surface area contributed by atoms with E-state index in [1.807, 2.05) is 38.1 Å². The average molecular weight is 292 g/mol. The molecule has 2 unspecified atom stereocenters. The molecule has 2 atom stereocenters. The van der Waals surface area contributed by atoms with E-state index < -0.39 is 5.97 Å². The zero-order valence-electron chi connectivity index (χ0n) is 13.2. The van der Waals surface area contributed by atoms with E-state index in [1.165, 1.54) is 5.56 Å². The van der Waals surface area contributed by atoms with Crippen LogP contribution in [0.1, 0.15) is 26.3 Å². The standard InChI is InChI=1S/C17H24O4/c1-12(2)17(18)21-15(5)11-19-14(4)10-20-16-8-6-13(3)7-9-16/h6-9,14-15H,1,10-11H2,2-5H3. The number of rotatable bonds is 8. The van der Waals surface area contributed by atoms with Crippen LogP contribution in [0.2, 0.25) is 0 Å². The van der Waals surface area contributed by atoms with E-state index in [4.69, 9.17) is 14.2 Å². The van der Waals surface area contributed by atoms with Gasteiger partial charge in [-0.1, -0.05) is 24.3 Å². The molecule has 0 aromatic heterocycles. The lowest BCUT2D eigenvalue weighted by Crippen LogP contribution is -2.26. The first kappa shape index (κ1) is 17.2. The molecule has 0 amide bonds. The van der Waals surface area contributed by atoms with Crippen LogP contribution in [0.25, 0.3) is 0 Å². The van der Waals surface area contributed by atoms with Gasteiger partial charge < -0.3 is 14.2 Å². The van der Waals surface area contributed by atoms with Gasteiger partial charge in [0, 0.05) is 5.57 Å². The van der Waals surface area contributed by atoms with Gasteiger partial charge in [-0.15, -0.1) is 0 Å². The van der Waals surface area contributed by atoms with Gasteiger partial charge in [-0.2, -0.15) is 0 Å². The summed E-state index contributed by atoms with van der Waals surface area (Å²) in [4.78, 5) is 11.3. The molecule has 0 fully saturated rings. The van der Waals surface area contributed by atoms with E-state index in [9.17, 15) is 4.79 Å². The second kappa shape index (κ2) is 8.47. The van der Waals surface area contributed by atoms with Crippen molar-refractivity contribution in [3.05, 3.63) is 42.0 Å². The van der Waals surface area contributed by atoms with Crippen molar-refractivity contribution >= 4 is 5.97 Å². The fourth-order valence-corrected chi connectivity index (χ4v) is 1.51. The van der Waals surface area contributed by atoms with Gasteiger partial charge in [0.25, 0.3) is 0 Å². The highest BCUT2D eigenvalue weighted by molar-refractivity contribution is 5.87. The second-order valence-corrected chi connectivity index (χ2v) is 5.26. The summed E-state index contributed by atoms with van der Waals surface area (Å²) in [5.74, 6) is 0.424. The van der Waals surface area contributed by atoms with Gasteiger partial charge in [0.1, 0.15) is 18.5 Å². The lowest BCUT2D eigenvalue weighted by atomic mass is 10.2. The van der Waals surface area contributed by atoms with Crippen LogP contribution in [-0.4, -0.2) is 31.4 Å². The Kier molecular flexibility index (Phi) is 6.96. The Morgan fingerprint density at radius 2 is 1.76 bits per heavy atom. The maximum Gasteiger partial charge on any atom is 0.333 e. The fraction of sp³-hybridized carbons (Fsp3) is 0.471. The summed E-state index contributed by atoms with van der Waals surface area (Å²) in [6.07, 6.45) is -0.395. The topological polar surface area (TPSA) is 44.8 Å². The molecule has 0 aliphatic carbocycles. The van der Waals surface area contributed by atoms with Crippen molar-refractivity contribution in [1.82, 2.24) is 0 Å². The predicted molar refractivity (Wildman–Crippen MR) is 82.5 cm³/mol. The summed E-state index contributed by atoms with van der Waals surface area (Å²) in [5, 5.41) is 0. The molecule has 0 bridgehead atoms. The van der Waals surface area contributed by atoms with Crippen molar-refractivity contribution in [3.8, 4) is 5.75 Å². The number of aryl methyl sites for hydroxylation is 1. The lowest BCUT2D eigenvalue weighted by molar-refractivity contribution is -0.147. The number of carbonyl (C=O) groups excluding carboxylic acids is 1. The summed E-state index contributed by atoms with van der Waals surface area (Å²) >= 11 is 0. The maximum absolute atomic E-state index is 11.3. The summed E-state index contributed by atoms with van der Waals surface area (Å²) in [6, 6.07) is 7.86. The summed E-state index contributed by atoms with van der Waals surface area (Å²) in [5.41, 5.74) is 1.58. The molecule has 116 valence electrons. The van der Waals surface area contributed by atoms with Crippen molar-refractivity contribution in [2.24, 2.45) is 0 Å². The van der Waals surface area contributed by atoms with Crippen molar-refractivity contribution in [3.63, 3.8) is 0 Å². The first-order valence-corrected chi connectivity index (χ1v) is 7.06. The molecule has 4 nitrogen and oxygen atoms in total. The van der Waals surface area contributed by atoms with Crippen molar-refractivity contribution < 1.29 is 19.0 Å². The number of benzene rings is 1. The van der Waals surface area contributed by atoms with E-state index in [2.05, 4.69) is 6.58 Å². The van der Waals surface area contributed by atoms with Crippen LogP contribution in [0.3, 0.4) is 0 Å². The highest BCUT2D eigenvalue weighted by Gasteiger charge is 2.12. The highest BCUT2D eigenvalue weighted by Crippen LogP contribution is 2.12. The third-order valence-electron chi connectivity index (χ3n) is 2.78. The Morgan fingerprint density at radius 3 is 2.33 bits per heavy atom. The van der Waals surface area contributed by atoms with Crippen LogP contribution in [0.4, 0.5) is 0 Å². The van der Waals surface area contributed by atoms with Crippen LogP contribution in [0.5, 0.6) is 5.75 Å². The third kappa shape index (κ3) is 6.95. The smallest absolute Gasteiger partial charge is 0.333 e. The van der Waals surface area contributed by atoms with Gasteiger partial charge in [0.05, 0.1) is 12.7 Å². The summed E-state index contributed by atoms with van der Waals surface area (Å²) in [6.45, 7) is 11.7. The predicted octanol–water partition coefficient (Wildman–Crippen LogP) is 3.29. The third-order valence-corrected chi connectivity index (χ3v) is 2.78. The fourth-order valence-electron chi connectivity index (χ4n) is 1.51. The van der Waals surface area contributed by atoms with E-state index in [1.54, 1.807) is 13.8 Å².